The van der Waals surface area contributed by atoms with Gasteiger partial charge in [0.1, 0.15) is 5.01 Å². The Bertz CT molecular complexity index is 416. The fraction of sp³-hybridized carbons (Fsp3) is 0.500. The van der Waals surface area contributed by atoms with Crippen molar-refractivity contribution in [2.24, 2.45) is 0 Å². The minimum Gasteiger partial charge on any atom is -0.299 e. The van der Waals surface area contributed by atoms with E-state index in [0.717, 1.165) is 10.7 Å². The highest BCUT2D eigenvalue weighted by atomic mass is 32.1. The van der Waals surface area contributed by atoms with Crippen LogP contribution in [0.15, 0.2) is 5.38 Å². The highest BCUT2D eigenvalue weighted by molar-refractivity contribution is 7.09. The maximum absolute atomic E-state index is 11.4. The molecule has 2 N–H and O–H groups in total. The predicted molar refractivity (Wildman–Crippen MR) is 59.9 cm³/mol. The Morgan fingerprint density at radius 2 is 2.44 bits per heavy atom. The van der Waals surface area contributed by atoms with Gasteiger partial charge in [-0.25, -0.2) is 4.98 Å². The van der Waals surface area contributed by atoms with Gasteiger partial charge in [0, 0.05) is 24.0 Å². The molecule has 2 heterocycles. The van der Waals surface area contributed by atoms with Gasteiger partial charge in [-0.2, -0.15) is 0 Å². The van der Waals surface area contributed by atoms with Crippen LogP contribution in [0, 0.1) is 6.92 Å². The third kappa shape index (κ3) is 2.65. The van der Waals surface area contributed by atoms with E-state index in [4.69, 9.17) is 0 Å². The molecule has 0 aromatic carbocycles. The molecule has 0 saturated carbocycles. The predicted octanol–water partition coefficient (Wildman–Crippen LogP) is 0.346. The van der Waals surface area contributed by atoms with Crippen LogP contribution in [-0.2, 0) is 16.1 Å². The Balaban J connectivity index is 1.86. The van der Waals surface area contributed by atoms with Crippen LogP contribution in [0.1, 0.15) is 23.5 Å². The Kier molecular flexibility index (Phi) is 3.31. The minimum atomic E-state index is -0.276. The number of hydrogen-bond donors (Lipinski definition) is 2. The van der Waals surface area contributed by atoms with E-state index in [1.807, 2.05) is 12.3 Å². The standard InChI is InChI=1S/C10H13N3O2S/c1-6-5-16-9(12-6)4-11-7-2-3-8(14)13-10(7)15/h5,7,11H,2-4H2,1H3,(H,13,14,15). The quantitative estimate of drug-likeness (QED) is 0.746. The van der Waals surface area contributed by atoms with Crippen LogP contribution in [0.2, 0.25) is 0 Å². The maximum atomic E-state index is 11.4. The van der Waals surface area contributed by atoms with E-state index in [2.05, 4.69) is 15.6 Å². The molecule has 1 saturated heterocycles. The smallest absolute Gasteiger partial charge is 0.243 e. The van der Waals surface area contributed by atoms with E-state index in [1.165, 1.54) is 0 Å². The van der Waals surface area contributed by atoms with Crippen molar-refractivity contribution in [3.05, 3.63) is 16.1 Å². The number of imide groups is 1. The van der Waals surface area contributed by atoms with Crippen molar-refractivity contribution < 1.29 is 9.59 Å². The SMILES string of the molecule is Cc1csc(CNC2CCC(=O)NC2=O)n1. The zero-order valence-corrected chi connectivity index (χ0v) is 9.76. The second-order valence-corrected chi connectivity index (χ2v) is 4.71. The molecule has 0 spiro atoms. The number of thiazole rings is 1. The van der Waals surface area contributed by atoms with Gasteiger partial charge in [0.15, 0.2) is 0 Å². The molecule has 1 aliphatic heterocycles. The molecule has 0 radical (unpaired) electrons. The third-order valence-corrected chi connectivity index (χ3v) is 3.37. The summed E-state index contributed by atoms with van der Waals surface area (Å²) < 4.78 is 0. The Morgan fingerprint density at radius 1 is 1.62 bits per heavy atom. The number of nitrogens with zero attached hydrogens (tertiary/aromatic N) is 1. The molecule has 1 atom stereocenters. The lowest BCUT2D eigenvalue weighted by Crippen LogP contribution is -2.50. The van der Waals surface area contributed by atoms with Crippen LogP contribution in [0.5, 0.6) is 0 Å². The van der Waals surface area contributed by atoms with Gasteiger partial charge in [0.2, 0.25) is 11.8 Å². The Morgan fingerprint density at radius 3 is 3.06 bits per heavy atom. The number of hydrogen-bond acceptors (Lipinski definition) is 5. The molecule has 6 heteroatoms. The van der Waals surface area contributed by atoms with Crippen LogP contribution in [0.3, 0.4) is 0 Å². The van der Waals surface area contributed by atoms with Crippen LogP contribution in [0.4, 0.5) is 0 Å². The molecule has 1 aromatic heterocycles. The first-order valence-electron chi connectivity index (χ1n) is 5.13. The number of carbonyl (C=O) groups is 2. The van der Waals surface area contributed by atoms with Gasteiger partial charge < -0.3 is 0 Å². The fourth-order valence-corrected chi connectivity index (χ4v) is 2.31. The van der Waals surface area contributed by atoms with E-state index >= 15 is 0 Å². The van der Waals surface area contributed by atoms with Gasteiger partial charge in [-0.1, -0.05) is 0 Å². The molecule has 5 nitrogen and oxygen atoms in total. The first-order chi connectivity index (χ1) is 7.65. The van der Waals surface area contributed by atoms with E-state index in [-0.39, 0.29) is 17.9 Å². The molecule has 1 aliphatic rings. The van der Waals surface area contributed by atoms with E-state index in [9.17, 15) is 9.59 Å². The van der Waals surface area contributed by atoms with Crippen molar-refractivity contribution in [1.82, 2.24) is 15.6 Å². The molecular weight excluding hydrogens is 226 g/mol. The second kappa shape index (κ2) is 4.71. The lowest BCUT2D eigenvalue weighted by molar-refractivity contribution is -0.134. The topological polar surface area (TPSA) is 71.1 Å². The monoisotopic (exact) mass is 239 g/mol. The van der Waals surface area contributed by atoms with Crippen molar-refractivity contribution in [2.75, 3.05) is 0 Å². The van der Waals surface area contributed by atoms with Crippen LogP contribution < -0.4 is 10.6 Å². The van der Waals surface area contributed by atoms with Crippen molar-refractivity contribution in [2.45, 2.75) is 32.4 Å². The lowest BCUT2D eigenvalue weighted by Gasteiger charge is -2.21. The fourth-order valence-electron chi connectivity index (χ4n) is 1.58. The number of aromatic nitrogens is 1. The molecule has 1 aromatic rings. The van der Waals surface area contributed by atoms with Gasteiger partial charge >= 0.3 is 0 Å². The number of amides is 2. The molecule has 1 unspecified atom stereocenters. The van der Waals surface area contributed by atoms with Gasteiger partial charge in [-0.3, -0.25) is 20.2 Å². The first kappa shape index (κ1) is 11.2. The van der Waals surface area contributed by atoms with Crippen molar-refractivity contribution in [3.63, 3.8) is 0 Å². The summed E-state index contributed by atoms with van der Waals surface area (Å²) in [6, 6.07) is -0.276. The molecule has 1 fully saturated rings. The highest BCUT2D eigenvalue weighted by Crippen LogP contribution is 2.10. The normalized spacial score (nSPS) is 20.9. The minimum absolute atomic E-state index is 0.187. The van der Waals surface area contributed by atoms with Gasteiger partial charge in [0.25, 0.3) is 0 Å². The number of nitrogens with one attached hydrogen (secondary N) is 2. The summed E-state index contributed by atoms with van der Waals surface area (Å²) in [6.45, 7) is 2.51. The summed E-state index contributed by atoms with van der Waals surface area (Å²) in [5, 5.41) is 8.35. The largest absolute Gasteiger partial charge is 0.299 e. The van der Waals surface area contributed by atoms with Crippen LogP contribution in [0.25, 0.3) is 0 Å². The molecule has 2 rings (SSSR count). The summed E-state index contributed by atoms with van der Waals surface area (Å²) in [6.07, 6.45) is 0.968. The lowest BCUT2D eigenvalue weighted by atomic mass is 10.1. The summed E-state index contributed by atoms with van der Waals surface area (Å²) in [5.41, 5.74) is 0.991. The zero-order chi connectivity index (χ0) is 11.5. The molecule has 0 aliphatic carbocycles. The van der Waals surface area contributed by atoms with Crippen LogP contribution >= 0.6 is 11.3 Å². The number of piperidine rings is 1. The van der Waals surface area contributed by atoms with Crippen molar-refractivity contribution in [3.8, 4) is 0 Å². The molecule has 2 amide bonds. The second-order valence-electron chi connectivity index (χ2n) is 3.77. The third-order valence-electron chi connectivity index (χ3n) is 2.41. The van der Waals surface area contributed by atoms with Gasteiger partial charge in [-0.15, -0.1) is 11.3 Å². The van der Waals surface area contributed by atoms with Crippen molar-refractivity contribution >= 4 is 23.2 Å². The molecule has 16 heavy (non-hydrogen) atoms. The zero-order valence-electron chi connectivity index (χ0n) is 8.95. The van der Waals surface area contributed by atoms with Crippen molar-refractivity contribution in [1.29, 1.82) is 0 Å². The Labute approximate surface area is 97.3 Å². The van der Waals surface area contributed by atoms with Crippen LogP contribution in [-0.4, -0.2) is 22.8 Å². The summed E-state index contributed by atoms with van der Waals surface area (Å²) in [5.74, 6) is -0.419. The maximum Gasteiger partial charge on any atom is 0.243 e. The van der Waals surface area contributed by atoms with E-state index < -0.39 is 0 Å². The average molecular weight is 239 g/mol. The van der Waals surface area contributed by atoms with E-state index in [1.54, 1.807) is 11.3 Å². The molecular formula is C10H13N3O2S. The average Bonchev–Trinajstić information content (AvgIpc) is 2.63. The van der Waals surface area contributed by atoms with E-state index in [0.29, 0.717) is 19.4 Å². The van der Waals surface area contributed by atoms with Gasteiger partial charge in [0.05, 0.1) is 6.04 Å². The molecule has 0 bridgehead atoms. The summed E-state index contributed by atoms with van der Waals surface area (Å²) >= 11 is 1.57. The highest BCUT2D eigenvalue weighted by Gasteiger charge is 2.25. The van der Waals surface area contributed by atoms with Gasteiger partial charge in [-0.05, 0) is 13.3 Å². The Hall–Kier alpha value is -1.27. The summed E-state index contributed by atoms with van der Waals surface area (Å²) in [7, 11) is 0. The number of carbonyl (C=O) groups excluding carboxylic acids is 2. The number of aryl methyl sites for hydroxylation is 1. The first-order valence-corrected chi connectivity index (χ1v) is 6.01. The summed E-state index contributed by atoms with van der Waals surface area (Å²) in [4.78, 5) is 26.6. The number of rotatable bonds is 3. The molecule has 86 valence electrons.